The van der Waals surface area contributed by atoms with E-state index < -0.39 is 6.10 Å². The number of aryl methyl sites for hydroxylation is 3. The van der Waals surface area contributed by atoms with Crippen molar-refractivity contribution in [3.8, 4) is 5.75 Å². The van der Waals surface area contributed by atoms with Crippen molar-refractivity contribution in [1.82, 2.24) is 0 Å². The lowest BCUT2D eigenvalue weighted by atomic mass is 9.92. The van der Waals surface area contributed by atoms with E-state index >= 15 is 0 Å². The largest absolute Gasteiger partial charge is 0.496 e. The molecule has 0 aliphatic heterocycles. The van der Waals surface area contributed by atoms with Gasteiger partial charge in [-0.05, 0) is 49.6 Å². The standard InChI is InChI=1S/C17H20O2/c1-11-8-9-15(19-4)14(10-11)17(18)16-12(2)6-5-7-13(16)3/h5-10,17-18H,1-4H3. The van der Waals surface area contributed by atoms with Gasteiger partial charge in [0, 0.05) is 5.56 Å². The molecule has 0 fully saturated rings. The van der Waals surface area contributed by atoms with Crippen LogP contribution in [0.4, 0.5) is 0 Å². The maximum Gasteiger partial charge on any atom is 0.125 e. The third kappa shape index (κ3) is 2.64. The Morgan fingerprint density at radius 3 is 2.21 bits per heavy atom. The van der Waals surface area contributed by atoms with E-state index in [-0.39, 0.29) is 0 Å². The number of benzene rings is 2. The Morgan fingerprint density at radius 2 is 1.63 bits per heavy atom. The maximum absolute atomic E-state index is 10.7. The Kier molecular flexibility index (Phi) is 3.91. The van der Waals surface area contributed by atoms with Gasteiger partial charge >= 0.3 is 0 Å². The molecule has 0 saturated heterocycles. The summed E-state index contributed by atoms with van der Waals surface area (Å²) in [5, 5.41) is 10.7. The van der Waals surface area contributed by atoms with Crippen LogP contribution in [0.5, 0.6) is 5.75 Å². The van der Waals surface area contributed by atoms with Gasteiger partial charge in [-0.3, -0.25) is 0 Å². The number of hydrogen-bond donors (Lipinski definition) is 1. The summed E-state index contributed by atoms with van der Waals surface area (Å²) in [4.78, 5) is 0. The van der Waals surface area contributed by atoms with Gasteiger partial charge in [-0.2, -0.15) is 0 Å². The first-order valence-corrected chi connectivity index (χ1v) is 6.43. The molecule has 0 bridgehead atoms. The van der Waals surface area contributed by atoms with Crippen LogP contribution in [0.2, 0.25) is 0 Å². The Bertz CT molecular complexity index is 568. The second-order valence-electron chi connectivity index (χ2n) is 4.95. The van der Waals surface area contributed by atoms with Crippen LogP contribution in [0.25, 0.3) is 0 Å². The van der Waals surface area contributed by atoms with Crippen LogP contribution in [0, 0.1) is 20.8 Å². The predicted molar refractivity (Wildman–Crippen MR) is 77.7 cm³/mol. The molecule has 2 heteroatoms. The molecule has 0 aliphatic rings. The summed E-state index contributed by atoms with van der Waals surface area (Å²) in [6.45, 7) is 6.06. The van der Waals surface area contributed by atoms with Crippen LogP contribution in [0.15, 0.2) is 36.4 Å². The fraction of sp³-hybridized carbons (Fsp3) is 0.294. The van der Waals surface area contributed by atoms with Crippen molar-refractivity contribution in [2.24, 2.45) is 0 Å². The molecule has 2 aromatic rings. The molecule has 1 unspecified atom stereocenters. The Hall–Kier alpha value is -1.80. The molecule has 0 spiro atoms. The molecular formula is C17H20O2. The van der Waals surface area contributed by atoms with Crippen molar-refractivity contribution < 1.29 is 9.84 Å². The molecule has 0 aliphatic carbocycles. The molecule has 2 rings (SSSR count). The number of rotatable bonds is 3. The van der Waals surface area contributed by atoms with Crippen LogP contribution >= 0.6 is 0 Å². The number of aliphatic hydroxyl groups excluding tert-OH is 1. The SMILES string of the molecule is COc1ccc(C)cc1C(O)c1c(C)cccc1C. The summed E-state index contributed by atoms with van der Waals surface area (Å²) >= 11 is 0. The average molecular weight is 256 g/mol. The number of ether oxygens (including phenoxy) is 1. The van der Waals surface area contributed by atoms with E-state index in [0.29, 0.717) is 0 Å². The lowest BCUT2D eigenvalue weighted by Gasteiger charge is -2.19. The Balaban J connectivity index is 2.55. The summed E-state index contributed by atoms with van der Waals surface area (Å²) in [5.74, 6) is 0.723. The first kappa shape index (κ1) is 13.6. The highest BCUT2D eigenvalue weighted by Crippen LogP contribution is 2.33. The summed E-state index contributed by atoms with van der Waals surface area (Å²) in [7, 11) is 1.63. The first-order valence-electron chi connectivity index (χ1n) is 6.43. The molecule has 100 valence electrons. The van der Waals surface area contributed by atoms with E-state index in [1.807, 2.05) is 57.2 Å². The van der Waals surface area contributed by atoms with E-state index in [1.165, 1.54) is 0 Å². The maximum atomic E-state index is 10.7. The van der Waals surface area contributed by atoms with Gasteiger partial charge in [0.2, 0.25) is 0 Å². The highest BCUT2D eigenvalue weighted by molar-refractivity contribution is 5.46. The van der Waals surface area contributed by atoms with Crippen molar-refractivity contribution in [2.75, 3.05) is 7.11 Å². The van der Waals surface area contributed by atoms with E-state index in [4.69, 9.17) is 4.74 Å². The van der Waals surface area contributed by atoms with E-state index in [9.17, 15) is 5.11 Å². The van der Waals surface area contributed by atoms with Crippen molar-refractivity contribution >= 4 is 0 Å². The van der Waals surface area contributed by atoms with Crippen LogP contribution < -0.4 is 4.74 Å². The lowest BCUT2D eigenvalue weighted by Crippen LogP contribution is -2.06. The van der Waals surface area contributed by atoms with Gasteiger partial charge < -0.3 is 9.84 Å². The summed E-state index contributed by atoms with van der Waals surface area (Å²) in [5.41, 5.74) is 5.08. The van der Waals surface area contributed by atoms with Gasteiger partial charge in [0.25, 0.3) is 0 Å². The quantitative estimate of drug-likeness (QED) is 0.907. The number of aliphatic hydroxyl groups is 1. The molecule has 0 radical (unpaired) electrons. The van der Waals surface area contributed by atoms with Gasteiger partial charge in [0.05, 0.1) is 7.11 Å². The molecule has 1 N–H and O–H groups in total. The van der Waals surface area contributed by atoms with Crippen molar-refractivity contribution in [1.29, 1.82) is 0 Å². The fourth-order valence-electron chi connectivity index (χ4n) is 2.48. The van der Waals surface area contributed by atoms with E-state index in [0.717, 1.165) is 33.6 Å². The van der Waals surface area contributed by atoms with Crippen LogP contribution in [-0.2, 0) is 0 Å². The Labute approximate surface area is 114 Å². The average Bonchev–Trinajstić information content (AvgIpc) is 2.38. The smallest absolute Gasteiger partial charge is 0.125 e. The molecule has 0 aromatic heterocycles. The number of methoxy groups -OCH3 is 1. The third-order valence-corrected chi connectivity index (χ3v) is 3.50. The lowest BCUT2D eigenvalue weighted by molar-refractivity contribution is 0.213. The van der Waals surface area contributed by atoms with Gasteiger partial charge in [-0.25, -0.2) is 0 Å². The zero-order valence-corrected chi connectivity index (χ0v) is 11.9. The zero-order chi connectivity index (χ0) is 14.0. The summed E-state index contributed by atoms with van der Waals surface area (Å²) in [6.07, 6.45) is -0.656. The van der Waals surface area contributed by atoms with Gasteiger partial charge in [0.1, 0.15) is 11.9 Å². The van der Waals surface area contributed by atoms with Crippen molar-refractivity contribution in [3.63, 3.8) is 0 Å². The molecule has 1 atom stereocenters. The molecular weight excluding hydrogens is 236 g/mol. The highest BCUT2D eigenvalue weighted by atomic mass is 16.5. The molecule has 0 amide bonds. The van der Waals surface area contributed by atoms with Crippen LogP contribution in [0.3, 0.4) is 0 Å². The van der Waals surface area contributed by atoms with Gasteiger partial charge in [-0.1, -0.05) is 29.8 Å². The monoisotopic (exact) mass is 256 g/mol. The topological polar surface area (TPSA) is 29.5 Å². The van der Waals surface area contributed by atoms with Crippen LogP contribution in [-0.4, -0.2) is 12.2 Å². The second-order valence-corrected chi connectivity index (χ2v) is 4.95. The van der Waals surface area contributed by atoms with Crippen LogP contribution in [0.1, 0.15) is 33.9 Å². The summed E-state index contributed by atoms with van der Waals surface area (Å²) < 4.78 is 5.36. The van der Waals surface area contributed by atoms with Gasteiger partial charge in [-0.15, -0.1) is 0 Å². The third-order valence-electron chi connectivity index (χ3n) is 3.50. The van der Waals surface area contributed by atoms with E-state index in [1.54, 1.807) is 7.11 Å². The molecule has 2 aromatic carbocycles. The van der Waals surface area contributed by atoms with Gasteiger partial charge in [0.15, 0.2) is 0 Å². The molecule has 0 saturated carbocycles. The Morgan fingerprint density at radius 1 is 1.00 bits per heavy atom. The number of hydrogen-bond acceptors (Lipinski definition) is 2. The molecule has 2 nitrogen and oxygen atoms in total. The fourth-order valence-corrected chi connectivity index (χ4v) is 2.48. The minimum Gasteiger partial charge on any atom is -0.496 e. The second kappa shape index (κ2) is 5.45. The first-order chi connectivity index (χ1) is 9.04. The summed E-state index contributed by atoms with van der Waals surface area (Å²) in [6, 6.07) is 11.9. The van der Waals surface area contributed by atoms with Crippen molar-refractivity contribution in [3.05, 3.63) is 64.2 Å². The van der Waals surface area contributed by atoms with E-state index in [2.05, 4.69) is 0 Å². The minimum absolute atomic E-state index is 0.656. The normalized spacial score (nSPS) is 12.3. The molecule has 0 heterocycles. The van der Waals surface area contributed by atoms with Crippen molar-refractivity contribution in [2.45, 2.75) is 26.9 Å². The molecule has 19 heavy (non-hydrogen) atoms. The minimum atomic E-state index is -0.656. The zero-order valence-electron chi connectivity index (χ0n) is 11.9. The predicted octanol–water partition coefficient (Wildman–Crippen LogP) is 3.70. The highest BCUT2D eigenvalue weighted by Gasteiger charge is 2.19.